The SMILES string of the molecule is CN1CCCC(C(=O)NCCc2nnc3n2CCN(Cc2ccc(-c4ccccc4)cc2)CC3)C1. The second kappa shape index (κ2) is 11.1. The number of likely N-dealkylation sites (tertiary alicyclic amines) is 1. The van der Waals surface area contributed by atoms with Crippen molar-refractivity contribution in [3.8, 4) is 11.1 Å². The Labute approximate surface area is 208 Å². The highest BCUT2D eigenvalue weighted by Gasteiger charge is 2.24. The molecule has 5 rings (SSSR count). The molecule has 1 saturated heterocycles. The summed E-state index contributed by atoms with van der Waals surface area (Å²) in [5.74, 6) is 2.33. The number of hydrogen-bond donors (Lipinski definition) is 1. The van der Waals surface area contributed by atoms with E-state index in [0.717, 1.165) is 76.6 Å². The summed E-state index contributed by atoms with van der Waals surface area (Å²) in [5, 5.41) is 12.0. The minimum absolute atomic E-state index is 0.111. The Morgan fingerprint density at radius 2 is 1.77 bits per heavy atom. The summed E-state index contributed by atoms with van der Waals surface area (Å²) >= 11 is 0. The molecule has 0 bridgehead atoms. The third-order valence-corrected chi connectivity index (χ3v) is 7.31. The van der Waals surface area contributed by atoms with E-state index in [1.807, 2.05) is 0 Å². The Bertz CT molecular complexity index is 1110. The van der Waals surface area contributed by atoms with Crippen LogP contribution in [0.1, 0.15) is 30.1 Å². The highest BCUT2D eigenvalue weighted by molar-refractivity contribution is 5.78. The van der Waals surface area contributed by atoms with Gasteiger partial charge < -0.3 is 14.8 Å². The van der Waals surface area contributed by atoms with Gasteiger partial charge in [0.2, 0.25) is 5.91 Å². The van der Waals surface area contributed by atoms with E-state index >= 15 is 0 Å². The smallest absolute Gasteiger partial charge is 0.224 e. The lowest BCUT2D eigenvalue weighted by Gasteiger charge is -2.28. The molecule has 1 aromatic heterocycles. The highest BCUT2D eigenvalue weighted by Crippen LogP contribution is 2.20. The number of nitrogens with zero attached hydrogens (tertiary/aromatic N) is 5. The summed E-state index contributed by atoms with van der Waals surface area (Å²) in [5.41, 5.74) is 3.84. The van der Waals surface area contributed by atoms with Gasteiger partial charge in [0.25, 0.3) is 0 Å². The number of piperidine rings is 1. The summed E-state index contributed by atoms with van der Waals surface area (Å²) in [6, 6.07) is 19.4. The zero-order valence-corrected chi connectivity index (χ0v) is 20.7. The monoisotopic (exact) mass is 472 g/mol. The van der Waals surface area contributed by atoms with Gasteiger partial charge in [-0.25, -0.2) is 0 Å². The van der Waals surface area contributed by atoms with E-state index in [4.69, 9.17) is 0 Å². The topological polar surface area (TPSA) is 66.3 Å². The van der Waals surface area contributed by atoms with E-state index in [0.29, 0.717) is 6.54 Å². The van der Waals surface area contributed by atoms with E-state index in [-0.39, 0.29) is 11.8 Å². The third kappa shape index (κ3) is 5.97. The van der Waals surface area contributed by atoms with Gasteiger partial charge in [0.05, 0.1) is 5.92 Å². The van der Waals surface area contributed by atoms with Gasteiger partial charge in [-0.3, -0.25) is 9.69 Å². The molecule has 184 valence electrons. The van der Waals surface area contributed by atoms with Crippen LogP contribution in [0.2, 0.25) is 0 Å². The average molecular weight is 473 g/mol. The van der Waals surface area contributed by atoms with Crippen LogP contribution in [-0.4, -0.2) is 70.2 Å². The quantitative estimate of drug-likeness (QED) is 0.573. The minimum Gasteiger partial charge on any atom is -0.355 e. The number of fused-ring (bicyclic) bond motifs is 1. The van der Waals surface area contributed by atoms with Crippen LogP contribution < -0.4 is 5.32 Å². The van der Waals surface area contributed by atoms with Gasteiger partial charge in [-0.15, -0.1) is 10.2 Å². The Kier molecular flexibility index (Phi) is 7.54. The fraction of sp³-hybridized carbons (Fsp3) is 0.464. The second-order valence-electron chi connectivity index (χ2n) is 9.92. The summed E-state index contributed by atoms with van der Waals surface area (Å²) in [6.07, 6.45) is 3.71. The van der Waals surface area contributed by atoms with Crippen LogP contribution in [0.25, 0.3) is 11.1 Å². The van der Waals surface area contributed by atoms with Gasteiger partial charge in [-0.05, 0) is 43.1 Å². The van der Waals surface area contributed by atoms with Gasteiger partial charge in [0.1, 0.15) is 11.6 Å². The Morgan fingerprint density at radius 1 is 0.971 bits per heavy atom. The number of carbonyl (C=O) groups is 1. The summed E-state index contributed by atoms with van der Waals surface area (Å²) in [7, 11) is 2.09. The first kappa shape index (κ1) is 23.7. The number of aromatic nitrogens is 3. The maximum Gasteiger partial charge on any atom is 0.224 e. The van der Waals surface area contributed by atoms with Crippen molar-refractivity contribution in [2.45, 2.75) is 38.8 Å². The van der Waals surface area contributed by atoms with Gasteiger partial charge in [-0.2, -0.15) is 0 Å². The fourth-order valence-electron chi connectivity index (χ4n) is 5.28. The summed E-state index contributed by atoms with van der Waals surface area (Å²) in [6.45, 7) is 6.34. The maximum absolute atomic E-state index is 12.5. The van der Waals surface area contributed by atoms with Crippen molar-refractivity contribution in [1.29, 1.82) is 0 Å². The predicted molar refractivity (Wildman–Crippen MR) is 138 cm³/mol. The summed E-state index contributed by atoms with van der Waals surface area (Å²) < 4.78 is 2.26. The van der Waals surface area contributed by atoms with E-state index in [9.17, 15) is 4.79 Å². The molecule has 0 spiro atoms. The van der Waals surface area contributed by atoms with Crippen molar-refractivity contribution in [3.63, 3.8) is 0 Å². The van der Waals surface area contributed by atoms with E-state index < -0.39 is 0 Å². The van der Waals surface area contributed by atoms with Crippen LogP contribution in [-0.2, 0) is 30.7 Å². The van der Waals surface area contributed by atoms with Gasteiger partial charge >= 0.3 is 0 Å². The standard InChI is InChI=1S/C28H36N6O/c1-32-16-5-8-25(21-32)28(35)29-15-13-26-30-31-27-14-17-33(18-19-34(26)27)20-22-9-11-24(12-10-22)23-6-3-2-4-7-23/h2-4,6-7,9-12,25H,5,8,13-21H2,1H3,(H,29,35). The first-order valence-electron chi connectivity index (χ1n) is 12.9. The van der Waals surface area contributed by atoms with Gasteiger partial charge in [0, 0.05) is 52.1 Å². The average Bonchev–Trinajstić information content (AvgIpc) is 3.16. The van der Waals surface area contributed by atoms with E-state index in [2.05, 4.69) is 91.5 Å². The number of nitrogens with one attached hydrogen (secondary N) is 1. The molecule has 0 saturated carbocycles. The van der Waals surface area contributed by atoms with Crippen molar-refractivity contribution in [1.82, 2.24) is 29.9 Å². The lowest BCUT2D eigenvalue weighted by Crippen LogP contribution is -2.42. The zero-order valence-electron chi connectivity index (χ0n) is 20.7. The molecule has 3 aromatic rings. The van der Waals surface area contributed by atoms with Crippen molar-refractivity contribution in [2.24, 2.45) is 5.92 Å². The molecular weight excluding hydrogens is 436 g/mol. The fourth-order valence-corrected chi connectivity index (χ4v) is 5.28. The van der Waals surface area contributed by atoms with Crippen molar-refractivity contribution < 1.29 is 4.79 Å². The number of amides is 1. The molecule has 1 fully saturated rings. The number of benzene rings is 2. The Morgan fingerprint density at radius 3 is 2.57 bits per heavy atom. The first-order chi connectivity index (χ1) is 17.2. The number of rotatable bonds is 7. The van der Waals surface area contributed by atoms with Crippen LogP contribution in [0.5, 0.6) is 0 Å². The molecule has 2 aromatic carbocycles. The largest absolute Gasteiger partial charge is 0.355 e. The molecule has 7 heteroatoms. The van der Waals surface area contributed by atoms with E-state index in [1.165, 1.54) is 16.7 Å². The molecule has 1 N–H and O–H groups in total. The molecular formula is C28H36N6O. The molecule has 2 aliphatic heterocycles. The molecule has 1 amide bonds. The lowest BCUT2D eigenvalue weighted by atomic mass is 9.97. The summed E-state index contributed by atoms with van der Waals surface area (Å²) in [4.78, 5) is 17.3. The number of carbonyl (C=O) groups excluding carboxylic acids is 1. The van der Waals surface area contributed by atoms with Crippen LogP contribution in [0.3, 0.4) is 0 Å². The molecule has 1 atom stereocenters. The molecule has 3 heterocycles. The maximum atomic E-state index is 12.5. The van der Waals surface area contributed by atoms with Crippen LogP contribution >= 0.6 is 0 Å². The molecule has 35 heavy (non-hydrogen) atoms. The van der Waals surface area contributed by atoms with Crippen molar-refractivity contribution >= 4 is 5.91 Å². The third-order valence-electron chi connectivity index (χ3n) is 7.31. The molecule has 0 aliphatic carbocycles. The molecule has 7 nitrogen and oxygen atoms in total. The Balaban J connectivity index is 1.12. The molecule has 2 aliphatic rings. The number of hydrogen-bond acceptors (Lipinski definition) is 5. The lowest BCUT2D eigenvalue weighted by molar-refractivity contribution is -0.126. The second-order valence-corrected chi connectivity index (χ2v) is 9.92. The predicted octanol–water partition coefficient (Wildman–Crippen LogP) is 3.00. The van der Waals surface area contributed by atoms with Gasteiger partial charge in [0.15, 0.2) is 0 Å². The molecule has 0 radical (unpaired) electrons. The zero-order chi connectivity index (χ0) is 24.0. The minimum atomic E-state index is 0.111. The first-order valence-corrected chi connectivity index (χ1v) is 12.9. The van der Waals surface area contributed by atoms with Crippen LogP contribution in [0, 0.1) is 5.92 Å². The normalized spacial score (nSPS) is 19.2. The van der Waals surface area contributed by atoms with Crippen molar-refractivity contribution in [3.05, 3.63) is 71.8 Å². The Hall–Kier alpha value is -3.03. The van der Waals surface area contributed by atoms with Crippen LogP contribution in [0.4, 0.5) is 0 Å². The van der Waals surface area contributed by atoms with E-state index in [1.54, 1.807) is 0 Å². The van der Waals surface area contributed by atoms with Gasteiger partial charge in [-0.1, -0.05) is 54.6 Å². The van der Waals surface area contributed by atoms with Crippen LogP contribution in [0.15, 0.2) is 54.6 Å². The van der Waals surface area contributed by atoms with Crippen molar-refractivity contribution in [2.75, 3.05) is 39.8 Å². The molecule has 1 unspecified atom stereocenters. The highest BCUT2D eigenvalue weighted by atomic mass is 16.1.